The van der Waals surface area contributed by atoms with Crippen LogP contribution in [0.2, 0.25) is 5.02 Å². The Hall–Kier alpha value is -0.830. The zero-order chi connectivity index (χ0) is 14.4. The molecule has 6 heteroatoms. The van der Waals surface area contributed by atoms with E-state index < -0.39 is 6.04 Å². The highest BCUT2D eigenvalue weighted by atomic mass is 35.5. The molecule has 1 aromatic rings. The Bertz CT molecular complexity index is 512. The molecule has 1 fully saturated rings. The van der Waals surface area contributed by atoms with Gasteiger partial charge in [0.15, 0.2) is 0 Å². The summed E-state index contributed by atoms with van der Waals surface area (Å²) in [7, 11) is 0. The topological polar surface area (TPSA) is 52.9 Å². The number of rotatable bonds is 4. The number of nitrogens with one attached hydrogen (secondary N) is 1. The first-order chi connectivity index (χ1) is 9.69. The summed E-state index contributed by atoms with van der Waals surface area (Å²) in [6, 6.07) is 8.51. The molecule has 1 saturated heterocycles. The van der Waals surface area contributed by atoms with Crippen molar-refractivity contribution >= 4 is 41.0 Å². The number of thioether (sulfide) groups is 2. The average Bonchev–Trinajstić information content (AvgIpc) is 2.46. The van der Waals surface area contributed by atoms with Gasteiger partial charge in [-0.1, -0.05) is 23.7 Å². The number of hydrogen-bond donors (Lipinski definition) is 1. The Balaban J connectivity index is 1.92. The Labute approximate surface area is 132 Å². The van der Waals surface area contributed by atoms with E-state index in [1.807, 2.05) is 23.5 Å². The summed E-state index contributed by atoms with van der Waals surface area (Å²) >= 11 is 9.63. The van der Waals surface area contributed by atoms with Crippen LogP contribution in [0.1, 0.15) is 18.0 Å². The van der Waals surface area contributed by atoms with Crippen LogP contribution in [-0.4, -0.2) is 28.4 Å². The highest BCUT2D eigenvalue weighted by Gasteiger charge is 2.20. The van der Waals surface area contributed by atoms with E-state index in [1.54, 1.807) is 24.3 Å². The van der Waals surface area contributed by atoms with Crippen LogP contribution in [0.4, 0.5) is 0 Å². The van der Waals surface area contributed by atoms with Gasteiger partial charge in [-0.2, -0.15) is 28.8 Å². The highest BCUT2D eigenvalue weighted by Crippen LogP contribution is 2.26. The summed E-state index contributed by atoms with van der Waals surface area (Å²) in [6.07, 6.45) is 0.469. The van der Waals surface area contributed by atoms with Gasteiger partial charge in [0.2, 0.25) is 5.91 Å². The Kier molecular flexibility index (Phi) is 6.08. The lowest BCUT2D eigenvalue weighted by Crippen LogP contribution is -2.31. The lowest BCUT2D eigenvalue weighted by molar-refractivity contribution is -0.121. The van der Waals surface area contributed by atoms with Gasteiger partial charge >= 0.3 is 0 Å². The molecule has 106 valence electrons. The second-order valence-electron chi connectivity index (χ2n) is 4.46. The number of nitriles is 1. The number of benzene rings is 1. The fourth-order valence-corrected chi connectivity index (χ4v) is 4.84. The van der Waals surface area contributed by atoms with Crippen molar-refractivity contribution in [1.29, 1.82) is 5.26 Å². The van der Waals surface area contributed by atoms with Gasteiger partial charge in [-0.15, -0.1) is 0 Å². The molecule has 1 N–H and O–H groups in total. The first kappa shape index (κ1) is 15.6. The summed E-state index contributed by atoms with van der Waals surface area (Å²) in [5.74, 6) is 3.19. The third-order valence-corrected chi connectivity index (χ3v) is 5.99. The smallest absolute Gasteiger partial charge is 0.222 e. The van der Waals surface area contributed by atoms with E-state index >= 15 is 0 Å². The molecule has 20 heavy (non-hydrogen) atoms. The van der Waals surface area contributed by atoms with Gasteiger partial charge in [0.1, 0.15) is 6.04 Å². The molecule has 3 nitrogen and oxygen atoms in total. The SMILES string of the molecule is N#C[C@@H](NC(=O)C[C@@H]1CSCCS1)c1cccc(Cl)c1. The molecule has 2 atom stereocenters. The van der Waals surface area contributed by atoms with Crippen LogP contribution in [0, 0.1) is 11.3 Å². The number of carbonyl (C=O) groups excluding carboxylic acids is 1. The van der Waals surface area contributed by atoms with Crippen molar-refractivity contribution in [3.05, 3.63) is 34.9 Å². The Morgan fingerprint density at radius 2 is 2.40 bits per heavy atom. The predicted molar refractivity (Wildman–Crippen MR) is 86.1 cm³/mol. The lowest BCUT2D eigenvalue weighted by atomic mass is 10.1. The fraction of sp³-hybridized carbons (Fsp3) is 0.429. The summed E-state index contributed by atoms with van der Waals surface area (Å²) in [5, 5.41) is 12.9. The van der Waals surface area contributed by atoms with Gasteiger partial charge in [-0.25, -0.2) is 0 Å². The Morgan fingerprint density at radius 1 is 1.55 bits per heavy atom. The molecule has 2 rings (SSSR count). The first-order valence-corrected chi connectivity index (χ1v) is 8.91. The first-order valence-electron chi connectivity index (χ1n) is 6.33. The van der Waals surface area contributed by atoms with E-state index in [9.17, 15) is 10.1 Å². The van der Waals surface area contributed by atoms with Crippen molar-refractivity contribution in [2.75, 3.05) is 17.3 Å². The van der Waals surface area contributed by atoms with Gasteiger partial charge in [0, 0.05) is 34.0 Å². The van der Waals surface area contributed by atoms with Gasteiger partial charge in [-0.05, 0) is 17.7 Å². The summed E-state index contributed by atoms with van der Waals surface area (Å²) in [4.78, 5) is 12.0. The van der Waals surface area contributed by atoms with Crippen LogP contribution in [0.25, 0.3) is 0 Å². The zero-order valence-corrected chi connectivity index (χ0v) is 13.2. The number of carbonyl (C=O) groups is 1. The van der Waals surface area contributed by atoms with Gasteiger partial charge in [-0.3, -0.25) is 4.79 Å². The quantitative estimate of drug-likeness (QED) is 0.922. The van der Waals surface area contributed by atoms with E-state index in [0.717, 1.165) is 22.8 Å². The van der Waals surface area contributed by atoms with Crippen molar-refractivity contribution < 1.29 is 4.79 Å². The van der Waals surface area contributed by atoms with Gasteiger partial charge < -0.3 is 5.32 Å². The van der Waals surface area contributed by atoms with Crippen molar-refractivity contribution in [2.24, 2.45) is 0 Å². The van der Waals surface area contributed by atoms with Crippen LogP contribution >= 0.6 is 35.1 Å². The molecule has 0 radical (unpaired) electrons. The number of nitrogens with zero attached hydrogens (tertiary/aromatic N) is 1. The van der Waals surface area contributed by atoms with E-state index in [1.165, 1.54) is 0 Å². The molecule has 1 amide bonds. The molecule has 1 aromatic carbocycles. The minimum absolute atomic E-state index is 0.0727. The van der Waals surface area contributed by atoms with Crippen molar-refractivity contribution in [3.63, 3.8) is 0 Å². The van der Waals surface area contributed by atoms with E-state index in [-0.39, 0.29) is 5.91 Å². The maximum atomic E-state index is 12.0. The molecule has 0 unspecified atom stereocenters. The van der Waals surface area contributed by atoms with E-state index in [2.05, 4.69) is 11.4 Å². The molecular formula is C14H15ClN2OS2. The maximum Gasteiger partial charge on any atom is 0.222 e. The van der Waals surface area contributed by atoms with Crippen LogP contribution < -0.4 is 5.32 Å². The van der Waals surface area contributed by atoms with Crippen LogP contribution in [0.5, 0.6) is 0 Å². The molecule has 0 saturated carbocycles. The summed E-state index contributed by atoms with van der Waals surface area (Å²) < 4.78 is 0. The number of hydrogen-bond acceptors (Lipinski definition) is 4. The van der Waals surface area contributed by atoms with Crippen LogP contribution in [0.3, 0.4) is 0 Å². The lowest BCUT2D eigenvalue weighted by Gasteiger charge is -2.21. The monoisotopic (exact) mass is 326 g/mol. The van der Waals surface area contributed by atoms with E-state index in [0.29, 0.717) is 16.7 Å². The van der Waals surface area contributed by atoms with Crippen LogP contribution in [-0.2, 0) is 4.79 Å². The standard InChI is InChI=1S/C14H15ClN2OS2/c15-11-3-1-2-10(6-11)13(8-16)17-14(18)7-12-9-19-4-5-20-12/h1-3,6,12-13H,4-5,7,9H2,(H,17,18)/t12-,13-/m1/s1. The predicted octanol–water partition coefficient (Wildman–Crippen LogP) is 3.26. The second kappa shape index (κ2) is 7.82. The largest absolute Gasteiger partial charge is 0.337 e. The summed E-state index contributed by atoms with van der Waals surface area (Å²) in [5.41, 5.74) is 0.721. The summed E-state index contributed by atoms with van der Waals surface area (Å²) in [6.45, 7) is 0. The molecule has 0 aromatic heterocycles. The second-order valence-corrected chi connectivity index (χ2v) is 7.45. The Morgan fingerprint density at radius 3 is 3.05 bits per heavy atom. The van der Waals surface area contributed by atoms with Crippen LogP contribution in [0.15, 0.2) is 24.3 Å². The average molecular weight is 327 g/mol. The minimum Gasteiger partial charge on any atom is -0.337 e. The highest BCUT2D eigenvalue weighted by molar-refractivity contribution is 8.06. The minimum atomic E-state index is -0.637. The third-order valence-electron chi connectivity index (χ3n) is 2.91. The molecule has 0 spiro atoms. The molecule has 1 heterocycles. The number of amides is 1. The van der Waals surface area contributed by atoms with Crippen molar-refractivity contribution in [3.8, 4) is 6.07 Å². The fourth-order valence-electron chi connectivity index (χ4n) is 1.96. The van der Waals surface area contributed by atoms with Gasteiger partial charge in [0.25, 0.3) is 0 Å². The maximum absolute atomic E-state index is 12.0. The zero-order valence-electron chi connectivity index (χ0n) is 10.8. The molecule has 1 aliphatic heterocycles. The van der Waals surface area contributed by atoms with Gasteiger partial charge in [0.05, 0.1) is 6.07 Å². The number of halogens is 1. The molecule has 1 aliphatic rings. The molecule has 0 aliphatic carbocycles. The molecule has 0 bridgehead atoms. The van der Waals surface area contributed by atoms with Crippen molar-refractivity contribution in [1.82, 2.24) is 5.32 Å². The van der Waals surface area contributed by atoms with Crippen molar-refractivity contribution in [2.45, 2.75) is 17.7 Å². The normalized spacial score (nSPS) is 19.9. The third kappa shape index (κ3) is 4.62. The van der Waals surface area contributed by atoms with E-state index in [4.69, 9.17) is 11.6 Å². The molecular weight excluding hydrogens is 312 g/mol.